The Morgan fingerprint density at radius 3 is 2.07 bits per heavy atom. The molecule has 0 saturated carbocycles. The molecule has 1 heterocycles. The van der Waals surface area contributed by atoms with Gasteiger partial charge in [0.05, 0.1) is 0 Å². The minimum Gasteiger partial charge on any atom is -0.456 e. The molecule has 0 amide bonds. The molecule has 11 rings (SSSR count). The van der Waals surface area contributed by atoms with Gasteiger partial charge in [-0.25, -0.2) is 4.99 Å². The Morgan fingerprint density at radius 2 is 1.20 bits per heavy atom. The maximum Gasteiger partial charge on any atom is 0.135 e. The van der Waals surface area contributed by atoms with Crippen molar-refractivity contribution < 1.29 is 4.74 Å². The molecule has 0 aliphatic carbocycles. The Bertz CT molecular complexity index is 3260. The second kappa shape index (κ2) is 14.4. The number of ether oxygens (including phenoxy) is 1. The molecular formula is C55H39N3O. The maximum absolute atomic E-state index is 7.00. The molecule has 1 aliphatic rings. The van der Waals surface area contributed by atoms with Gasteiger partial charge in [-0.3, -0.25) is 5.32 Å². The van der Waals surface area contributed by atoms with Crippen molar-refractivity contribution in [3.63, 3.8) is 0 Å². The van der Waals surface area contributed by atoms with E-state index in [1.807, 2.05) is 30.3 Å². The zero-order chi connectivity index (χ0) is 39.3. The van der Waals surface area contributed by atoms with Crippen molar-refractivity contribution in [3.8, 4) is 44.9 Å². The summed E-state index contributed by atoms with van der Waals surface area (Å²) in [5.41, 5.74) is 16.8. The minimum absolute atomic E-state index is 0.433. The fourth-order valence-corrected chi connectivity index (χ4v) is 8.92. The lowest BCUT2D eigenvalue weighted by atomic mass is 9.89. The van der Waals surface area contributed by atoms with Gasteiger partial charge in [0.2, 0.25) is 0 Å². The van der Waals surface area contributed by atoms with Gasteiger partial charge >= 0.3 is 0 Å². The highest BCUT2D eigenvalue weighted by Crippen LogP contribution is 2.47. The molecule has 0 bridgehead atoms. The van der Waals surface area contributed by atoms with Crippen LogP contribution in [-0.2, 0) is 6.54 Å². The predicted octanol–water partition coefficient (Wildman–Crippen LogP) is 13.6. The number of nitrogens with zero attached hydrogens (tertiary/aromatic N) is 1. The topological polar surface area (TPSA) is 59.6 Å². The van der Waals surface area contributed by atoms with Gasteiger partial charge in [0, 0.05) is 23.1 Å². The number of hydrogen-bond donors (Lipinski definition) is 2. The molecule has 1 aliphatic heterocycles. The van der Waals surface area contributed by atoms with Gasteiger partial charge in [-0.2, -0.15) is 0 Å². The van der Waals surface area contributed by atoms with E-state index in [4.69, 9.17) is 15.5 Å². The third-order valence-corrected chi connectivity index (χ3v) is 11.8. The molecule has 0 spiro atoms. The smallest absolute Gasteiger partial charge is 0.135 e. The number of hydrogen-bond acceptors (Lipinski definition) is 3. The quantitative estimate of drug-likeness (QED) is 0.0702. The van der Waals surface area contributed by atoms with Crippen LogP contribution in [0.15, 0.2) is 205 Å². The maximum atomic E-state index is 7.00. The van der Waals surface area contributed by atoms with Crippen LogP contribution in [0.25, 0.3) is 76.5 Å². The Balaban J connectivity index is 0.995. The number of aliphatic imine (C=N–C) groups is 1. The highest BCUT2D eigenvalue weighted by Gasteiger charge is 2.21. The zero-order valence-corrected chi connectivity index (χ0v) is 32.3. The first kappa shape index (κ1) is 34.7. The third kappa shape index (κ3) is 6.18. The highest BCUT2D eigenvalue weighted by molar-refractivity contribution is 6.20. The Morgan fingerprint density at radius 1 is 0.492 bits per heavy atom. The van der Waals surface area contributed by atoms with E-state index >= 15 is 0 Å². The fraction of sp³-hybridized carbons (Fsp3) is 0.0364. The van der Waals surface area contributed by atoms with Crippen molar-refractivity contribution in [2.45, 2.75) is 12.7 Å². The van der Waals surface area contributed by atoms with Gasteiger partial charge < -0.3 is 10.5 Å². The highest BCUT2D eigenvalue weighted by atomic mass is 16.5. The lowest BCUT2D eigenvalue weighted by molar-refractivity contribution is 0.486. The second-order valence-electron chi connectivity index (χ2n) is 15.3. The summed E-state index contributed by atoms with van der Waals surface area (Å²) in [6, 6.07) is 70.8. The molecule has 4 heteroatoms. The Hall–Kier alpha value is -7.53. The monoisotopic (exact) mass is 757 g/mol. The number of amidine groups is 1. The number of nitrogens with one attached hydrogen (secondary N) is 1. The van der Waals surface area contributed by atoms with Gasteiger partial charge in [-0.05, 0) is 101 Å². The van der Waals surface area contributed by atoms with Crippen molar-refractivity contribution in [1.82, 2.24) is 5.32 Å². The van der Waals surface area contributed by atoms with Gasteiger partial charge in [0.15, 0.2) is 0 Å². The van der Waals surface area contributed by atoms with Crippen LogP contribution in [0, 0.1) is 0 Å². The van der Waals surface area contributed by atoms with Crippen LogP contribution in [0.5, 0.6) is 11.5 Å². The summed E-state index contributed by atoms with van der Waals surface area (Å²) in [5, 5.41) is 13.5. The summed E-state index contributed by atoms with van der Waals surface area (Å²) in [5.74, 6) is 2.23. The number of nitrogens with two attached hydrogens (primary N) is 1. The van der Waals surface area contributed by atoms with Crippen molar-refractivity contribution in [3.05, 3.63) is 217 Å². The van der Waals surface area contributed by atoms with E-state index in [-0.39, 0.29) is 0 Å². The largest absolute Gasteiger partial charge is 0.456 e. The van der Waals surface area contributed by atoms with Crippen molar-refractivity contribution in [2.75, 3.05) is 0 Å². The van der Waals surface area contributed by atoms with E-state index in [0.717, 1.165) is 55.8 Å². The molecule has 1 unspecified atom stereocenters. The first-order valence-electron chi connectivity index (χ1n) is 20.1. The van der Waals surface area contributed by atoms with Crippen LogP contribution < -0.4 is 15.8 Å². The zero-order valence-electron chi connectivity index (χ0n) is 32.3. The van der Waals surface area contributed by atoms with Crippen LogP contribution in [0.1, 0.15) is 22.9 Å². The molecule has 3 N–H and O–H groups in total. The number of fused-ring (bicyclic) bond motifs is 6. The van der Waals surface area contributed by atoms with Gasteiger partial charge in [-0.15, -0.1) is 0 Å². The van der Waals surface area contributed by atoms with E-state index in [1.165, 1.54) is 48.8 Å². The SMILES string of the molecule is NC(=NC(NCc1ccc2c(c1)-c1cccc3cccc(c13)O2)c1ccc(-c2c3ccccc3cc3c2ccc2ccccc23)cc1)c1ccccc1-c1ccccc1. The summed E-state index contributed by atoms with van der Waals surface area (Å²) < 4.78 is 6.41. The first-order valence-corrected chi connectivity index (χ1v) is 20.1. The van der Waals surface area contributed by atoms with Crippen LogP contribution >= 0.6 is 0 Å². The summed E-state index contributed by atoms with van der Waals surface area (Å²) >= 11 is 0. The van der Waals surface area contributed by atoms with Crippen LogP contribution in [0.2, 0.25) is 0 Å². The van der Waals surface area contributed by atoms with Crippen molar-refractivity contribution in [1.29, 1.82) is 0 Å². The summed E-state index contributed by atoms with van der Waals surface area (Å²) in [7, 11) is 0. The van der Waals surface area contributed by atoms with Crippen LogP contribution in [-0.4, -0.2) is 5.84 Å². The average molecular weight is 758 g/mol. The van der Waals surface area contributed by atoms with E-state index < -0.39 is 6.17 Å². The van der Waals surface area contributed by atoms with Gasteiger partial charge in [0.1, 0.15) is 23.5 Å². The van der Waals surface area contributed by atoms with Crippen molar-refractivity contribution in [2.24, 2.45) is 10.7 Å². The molecule has 0 fully saturated rings. The molecule has 280 valence electrons. The van der Waals surface area contributed by atoms with E-state index in [0.29, 0.717) is 12.4 Å². The first-order chi connectivity index (χ1) is 29.2. The Kier molecular flexibility index (Phi) is 8.49. The third-order valence-electron chi connectivity index (χ3n) is 11.8. The van der Waals surface area contributed by atoms with E-state index in [1.54, 1.807) is 0 Å². The minimum atomic E-state index is -0.433. The Labute approximate surface area is 342 Å². The standard InChI is InChI=1S/C55H39N3O/c56-54(47-21-9-8-18-42(47)36-12-2-1-3-13-36)58-55(57-34-35-24-31-50-49(32-35)45-22-10-16-38-17-11-23-51(59-50)53(38)45)40-27-25-39(26-28-40)52-44-20-7-5-15-41(44)33-48-43-19-6-4-14-37(43)29-30-46(48)52/h1-33,55,57H,34H2,(H2,56,58). The van der Waals surface area contributed by atoms with Crippen LogP contribution in [0.3, 0.4) is 0 Å². The second-order valence-corrected chi connectivity index (χ2v) is 15.3. The number of benzene rings is 10. The fourth-order valence-electron chi connectivity index (χ4n) is 8.92. The van der Waals surface area contributed by atoms with E-state index in [2.05, 4.69) is 175 Å². The molecule has 0 aromatic heterocycles. The molecule has 1 atom stereocenters. The van der Waals surface area contributed by atoms with Gasteiger partial charge in [0.25, 0.3) is 0 Å². The lowest BCUT2D eigenvalue weighted by Crippen LogP contribution is -2.24. The lowest BCUT2D eigenvalue weighted by Gasteiger charge is -2.22. The molecule has 59 heavy (non-hydrogen) atoms. The molecule has 4 nitrogen and oxygen atoms in total. The predicted molar refractivity (Wildman–Crippen MR) is 246 cm³/mol. The van der Waals surface area contributed by atoms with E-state index in [9.17, 15) is 0 Å². The average Bonchev–Trinajstić information content (AvgIpc) is 3.30. The van der Waals surface area contributed by atoms with Crippen LogP contribution in [0.4, 0.5) is 0 Å². The summed E-state index contributed by atoms with van der Waals surface area (Å²) in [4.78, 5) is 5.26. The molecule has 10 aromatic rings. The van der Waals surface area contributed by atoms with Gasteiger partial charge in [-0.1, -0.05) is 176 Å². The molecular weight excluding hydrogens is 719 g/mol. The molecule has 0 radical (unpaired) electrons. The molecule has 0 saturated heterocycles. The number of rotatable bonds is 8. The molecule has 10 aromatic carbocycles. The summed E-state index contributed by atoms with van der Waals surface area (Å²) in [6.45, 7) is 0.565. The summed E-state index contributed by atoms with van der Waals surface area (Å²) in [6.07, 6.45) is -0.433. The normalized spacial score (nSPS) is 12.8. The van der Waals surface area contributed by atoms with Crippen molar-refractivity contribution >= 4 is 48.9 Å².